The summed E-state index contributed by atoms with van der Waals surface area (Å²) in [6.07, 6.45) is 1.27. The number of hydrogen-bond donors (Lipinski definition) is 1. The number of ether oxygens (including phenoxy) is 1. The van der Waals surface area contributed by atoms with Crippen molar-refractivity contribution in [2.45, 2.75) is 24.6 Å². The van der Waals surface area contributed by atoms with Crippen LogP contribution in [-0.4, -0.2) is 58.3 Å². The third-order valence-electron chi connectivity index (χ3n) is 4.56. The highest BCUT2D eigenvalue weighted by molar-refractivity contribution is 7.97. The summed E-state index contributed by atoms with van der Waals surface area (Å²) in [5.74, 6) is -0.647. The lowest BCUT2D eigenvalue weighted by atomic mass is 10.2. The van der Waals surface area contributed by atoms with Gasteiger partial charge in [-0.05, 0) is 29.8 Å². The van der Waals surface area contributed by atoms with Crippen LogP contribution in [0.4, 0.5) is 0 Å². The van der Waals surface area contributed by atoms with Crippen LogP contribution in [0.3, 0.4) is 0 Å². The number of pyridine rings is 1. The predicted molar refractivity (Wildman–Crippen MR) is 117 cm³/mol. The molecule has 30 heavy (non-hydrogen) atoms. The number of nitrogens with zero attached hydrogens (tertiary/aromatic N) is 3. The van der Waals surface area contributed by atoms with Crippen molar-refractivity contribution in [2.75, 3.05) is 26.2 Å². The Balaban J connectivity index is 1.59. The molecule has 0 saturated carbocycles. The van der Waals surface area contributed by atoms with E-state index in [9.17, 15) is 9.59 Å². The topological polar surface area (TPSA) is 88.8 Å². The van der Waals surface area contributed by atoms with Crippen LogP contribution in [0.15, 0.2) is 41.6 Å². The molecule has 1 aliphatic rings. The lowest BCUT2D eigenvalue weighted by Crippen LogP contribution is -2.46. The van der Waals surface area contributed by atoms with Crippen molar-refractivity contribution in [3.63, 3.8) is 0 Å². The van der Waals surface area contributed by atoms with Gasteiger partial charge in [0.25, 0.3) is 0 Å². The minimum Gasteiger partial charge on any atom is -0.374 e. The molecule has 10 heteroatoms. The second-order valence-electron chi connectivity index (χ2n) is 6.90. The molecule has 7 nitrogen and oxygen atoms in total. The van der Waals surface area contributed by atoms with Crippen molar-refractivity contribution in [3.8, 4) is 0 Å². The van der Waals surface area contributed by atoms with Crippen LogP contribution in [0.5, 0.6) is 0 Å². The average Bonchev–Trinajstić information content (AvgIpc) is 2.71. The molecule has 3 rings (SSSR count). The smallest absolute Gasteiger partial charge is 0.250 e. The van der Waals surface area contributed by atoms with E-state index in [1.165, 1.54) is 25.1 Å². The van der Waals surface area contributed by atoms with E-state index >= 15 is 0 Å². The molecule has 2 heterocycles. The number of nitrogens with two attached hydrogens (primary N) is 1. The van der Waals surface area contributed by atoms with Gasteiger partial charge in [-0.1, -0.05) is 29.3 Å². The standard InChI is InChI=1S/C20H22Cl2N4O3S/c1-13(27)26(30-19-5-3-15(9-24-19)20(23)28)12-16-11-25(6-7-29-16)10-14-2-4-17(21)18(22)8-14/h2-5,8-9,16H,6-7,10-12H2,1H3,(H2,23,28)/t16-/m0/s1. The summed E-state index contributed by atoms with van der Waals surface area (Å²) in [4.78, 5) is 29.8. The summed E-state index contributed by atoms with van der Waals surface area (Å²) in [6.45, 7) is 4.69. The Kier molecular flexibility index (Phi) is 7.96. The minimum absolute atomic E-state index is 0.106. The Labute approximate surface area is 189 Å². The molecule has 1 saturated heterocycles. The lowest BCUT2D eigenvalue weighted by molar-refractivity contribution is -0.126. The van der Waals surface area contributed by atoms with Crippen LogP contribution < -0.4 is 5.73 Å². The molecule has 1 atom stereocenters. The van der Waals surface area contributed by atoms with Gasteiger partial charge in [0.05, 0.1) is 34.9 Å². The van der Waals surface area contributed by atoms with Crippen molar-refractivity contribution in [2.24, 2.45) is 5.73 Å². The SMILES string of the molecule is CC(=O)N(C[C@@H]1CN(Cc2ccc(Cl)c(Cl)c2)CCO1)Sc1ccc(C(N)=O)cn1. The molecule has 1 fully saturated rings. The van der Waals surface area contributed by atoms with Gasteiger partial charge in [-0.3, -0.25) is 18.8 Å². The quantitative estimate of drug-likeness (QED) is 0.627. The predicted octanol–water partition coefficient (Wildman–Crippen LogP) is 3.24. The molecule has 1 aromatic heterocycles. The molecule has 2 amide bonds. The van der Waals surface area contributed by atoms with E-state index in [0.717, 1.165) is 18.7 Å². The van der Waals surface area contributed by atoms with E-state index in [4.69, 9.17) is 33.7 Å². The molecule has 0 unspecified atom stereocenters. The van der Waals surface area contributed by atoms with Crippen molar-refractivity contribution >= 4 is 47.0 Å². The van der Waals surface area contributed by atoms with Gasteiger partial charge in [-0.15, -0.1) is 0 Å². The first-order valence-corrected chi connectivity index (χ1v) is 10.8. The van der Waals surface area contributed by atoms with Gasteiger partial charge < -0.3 is 10.5 Å². The zero-order valence-electron chi connectivity index (χ0n) is 16.4. The van der Waals surface area contributed by atoms with Crippen LogP contribution in [-0.2, 0) is 16.1 Å². The van der Waals surface area contributed by atoms with E-state index in [1.807, 2.05) is 12.1 Å². The number of carbonyl (C=O) groups is 2. The van der Waals surface area contributed by atoms with Gasteiger partial charge in [0.1, 0.15) is 5.03 Å². The van der Waals surface area contributed by atoms with Gasteiger partial charge in [0.15, 0.2) is 0 Å². The molecule has 2 aromatic rings. The first-order chi connectivity index (χ1) is 14.3. The van der Waals surface area contributed by atoms with Crippen LogP contribution in [0.25, 0.3) is 0 Å². The van der Waals surface area contributed by atoms with Crippen LogP contribution >= 0.6 is 35.1 Å². The fraction of sp³-hybridized carbons (Fsp3) is 0.350. The van der Waals surface area contributed by atoms with Gasteiger partial charge in [-0.2, -0.15) is 0 Å². The Hall–Kier alpha value is -1.84. The maximum Gasteiger partial charge on any atom is 0.250 e. The van der Waals surface area contributed by atoms with Crippen molar-refractivity contribution in [3.05, 3.63) is 57.7 Å². The maximum absolute atomic E-state index is 12.1. The van der Waals surface area contributed by atoms with E-state index < -0.39 is 5.91 Å². The summed E-state index contributed by atoms with van der Waals surface area (Å²) in [5.41, 5.74) is 6.63. The van der Waals surface area contributed by atoms with Crippen molar-refractivity contribution < 1.29 is 14.3 Å². The van der Waals surface area contributed by atoms with Crippen LogP contribution in [0, 0.1) is 0 Å². The summed E-state index contributed by atoms with van der Waals surface area (Å²) in [7, 11) is 0. The van der Waals surface area contributed by atoms with E-state index in [-0.39, 0.29) is 12.0 Å². The van der Waals surface area contributed by atoms with Gasteiger partial charge in [-0.25, -0.2) is 4.98 Å². The van der Waals surface area contributed by atoms with Crippen LogP contribution in [0.1, 0.15) is 22.8 Å². The third-order valence-corrected chi connectivity index (χ3v) is 6.35. The zero-order valence-corrected chi connectivity index (χ0v) is 18.7. The molecule has 0 spiro atoms. The number of primary amides is 1. The third kappa shape index (κ3) is 6.33. The molecule has 1 aliphatic heterocycles. The fourth-order valence-electron chi connectivity index (χ4n) is 3.04. The molecular weight excluding hydrogens is 447 g/mol. The number of rotatable bonds is 7. The molecule has 160 valence electrons. The highest BCUT2D eigenvalue weighted by Gasteiger charge is 2.25. The second-order valence-corrected chi connectivity index (χ2v) is 8.75. The van der Waals surface area contributed by atoms with E-state index in [2.05, 4.69) is 9.88 Å². The number of carbonyl (C=O) groups excluding carboxylic acids is 2. The minimum atomic E-state index is -0.542. The highest BCUT2D eigenvalue weighted by atomic mass is 35.5. The number of benzene rings is 1. The number of aromatic nitrogens is 1. The summed E-state index contributed by atoms with van der Waals surface area (Å²) in [5, 5.41) is 1.67. The summed E-state index contributed by atoms with van der Waals surface area (Å²) < 4.78 is 7.49. The average molecular weight is 469 g/mol. The molecule has 1 aromatic carbocycles. The monoisotopic (exact) mass is 468 g/mol. The Morgan fingerprint density at radius 3 is 2.73 bits per heavy atom. The number of halogens is 2. The Morgan fingerprint density at radius 2 is 2.10 bits per heavy atom. The van der Waals surface area contributed by atoms with Crippen LogP contribution in [0.2, 0.25) is 10.0 Å². The molecule has 2 N–H and O–H groups in total. The first kappa shape index (κ1) is 22.8. The van der Waals surface area contributed by atoms with E-state index in [1.54, 1.807) is 22.5 Å². The number of hydrogen-bond acceptors (Lipinski definition) is 6. The molecule has 0 aliphatic carbocycles. The molecule has 0 radical (unpaired) electrons. The first-order valence-electron chi connectivity index (χ1n) is 9.31. The fourth-order valence-corrected chi connectivity index (χ4v) is 4.18. The number of morpholine rings is 1. The van der Waals surface area contributed by atoms with Gasteiger partial charge in [0, 0.05) is 44.7 Å². The zero-order chi connectivity index (χ0) is 21.7. The Morgan fingerprint density at radius 1 is 1.30 bits per heavy atom. The summed E-state index contributed by atoms with van der Waals surface area (Å²) in [6, 6.07) is 8.87. The lowest BCUT2D eigenvalue weighted by Gasteiger charge is -2.35. The van der Waals surface area contributed by atoms with Gasteiger partial charge in [0.2, 0.25) is 11.8 Å². The highest BCUT2D eigenvalue weighted by Crippen LogP contribution is 2.25. The van der Waals surface area contributed by atoms with E-state index in [0.29, 0.717) is 40.3 Å². The normalized spacial score (nSPS) is 17.0. The van der Waals surface area contributed by atoms with Crippen molar-refractivity contribution in [1.29, 1.82) is 0 Å². The molecular formula is C20H22Cl2N4O3S. The summed E-state index contributed by atoms with van der Waals surface area (Å²) >= 11 is 13.3. The van der Waals surface area contributed by atoms with Crippen molar-refractivity contribution in [1.82, 2.24) is 14.2 Å². The maximum atomic E-state index is 12.1. The second kappa shape index (κ2) is 10.5. The molecule has 0 bridgehead atoms. The largest absolute Gasteiger partial charge is 0.374 e. The van der Waals surface area contributed by atoms with Gasteiger partial charge >= 0.3 is 0 Å². The number of amides is 2. The Bertz CT molecular complexity index is 913.